The van der Waals surface area contributed by atoms with E-state index in [4.69, 9.17) is 4.74 Å². The molecule has 0 spiro atoms. The van der Waals surface area contributed by atoms with Crippen molar-refractivity contribution in [2.45, 2.75) is 19.8 Å². The Morgan fingerprint density at radius 3 is 2.58 bits per heavy atom. The molecule has 1 aliphatic heterocycles. The summed E-state index contributed by atoms with van der Waals surface area (Å²) in [5.41, 5.74) is 0. The first kappa shape index (κ1) is 18.9. The molecule has 2 N–H and O–H groups in total. The van der Waals surface area contributed by atoms with Gasteiger partial charge in [0.1, 0.15) is 0 Å². The van der Waals surface area contributed by atoms with Gasteiger partial charge < -0.3 is 20.3 Å². The van der Waals surface area contributed by atoms with Crippen LogP contribution in [-0.4, -0.2) is 64.3 Å². The topological polar surface area (TPSA) is 48.9 Å². The van der Waals surface area contributed by atoms with E-state index in [0.717, 1.165) is 19.0 Å². The van der Waals surface area contributed by atoms with Crippen LogP contribution in [0.2, 0.25) is 0 Å². The van der Waals surface area contributed by atoms with Crippen molar-refractivity contribution in [3.63, 3.8) is 0 Å². The molecule has 0 aromatic carbocycles. The van der Waals surface area contributed by atoms with Crippen molar-refractivity contribution < 1.29 is 4.74 Å². The number of aliphatic imine (C=N–C) groups is 1. The Morgan fingerprint density at radius 2 is 2.00 bits per heavy atom. The van der Waals surface area contributed by atoms with Crippen molar-refractivity contribution >= 4 is 29.9 Å². The van der Waals surface area contributed by atoms with Crippen LogP contribution in [0, 0.1) is 5.92 Å². The number of nitrogens with zero attached hydrogens (tertiary/aromatic N) is 2. The highest BCUT2D eigenvalue weighted by Gasteiger charge is 2.14. The van der Waals surface area contributed by atoms with Gasteiger partial charge in [-0.25, -0.2) is 0 Å². The van der Waals surface area contributed by atoms with E-state index in [1.54, 1.807) is 14.2 Å². The summed E-state index contributed by atoms with van der Waals surface area (Å²) in [5, 5.41) is 6.58. The Labute approximate surface area is 134 Å². The van der Waals surface area contributed by atoms with Crippen molar-refractivity contribution in [3.05, 3.63) is 0 Å². The van der Waals surface area contributed by atoms with Crippen molar-refractivity contribution in [3.8, 4) is 0 Å². The Bertz CT molecular complexity index is 245. The second-order valence-corrected chi connectivity index (χ2v) is 4.99. The maximum atomic E-state index is 5.00. The van der Waals surface area contributed by atoms with Crippen LogP contribution in [0.15, 0.2) is 4.99 Å². The van der Waals surface area contributed by atoms with E-state index in [-0.39, 0.29) is 24.0 Å². The molecule has 0 bridgehead atoms. The molecule has 1 aliphatic rings. The minimum Gasteiger partial charge on any atom is -0.383 e. The smallest absolute Gasteiger partial charge is 0.191 e. The molecule has 1 atom stereocenters. The molecular formula is C13H29IN4O. The van der Waals surface area contributed by atoms with Gasteiger partial charge >= 0.3 is 0 Å². The Balaban J connectivity index is 0.00000324. The molecule has 6 heteroatoms. The number of likely N-dealkylation sites (tertiary alicyclic amines) is 1. The molecule has 1 unspecified atom stereocenters. The first-order chi connectivity index (χ1) is 8.76. The third-order valence-electron chi connectivity index (χ3n) is 3.21. The number of methoxy groups -OCH3 is 1. The number of guanidine groups is 1. The average molecular weight is 384 g/mol. The van der Waals surface area contributed by atoms with E-state index >= 15 is 0 Å². The quantitative estimate of drug-likeness (QED) is 0.299. The molecular weight excluding hydrogens is 355 g/mol. The molecule has 5 nitrogen and oxygen atoms in total. The fraction of sp³-hybridized carbons (Fsp3) is 0.923. The van der Waals surface area contributed by atoms with Crippen molar-refractivity contribution in [1.29, 1.82) is 0 Å². The van der Waals surface area contributed by atoms with Crippen LogP contribution in [0.5, 0.6) is 0 Å². The summed E-state index contributed by atoms with van der Waals surface area (Å²) in [7, 11) is 3.50. The van der Waals surface area contributed by atoms with E-state index in [1.807, 2.05) is 0 Å². The Hall–Kier alpha value is -0.0800. The Kier molecular flexibility index (Phi) is 11.7. The average Bonchev–Trinajstić information content (AvgIpc) is 2.86. The third-order valence-corrected chi connectivity index (χ3v) is 3.21. The molecule has 1 saturated heterocycles. The maximum Gasteiger partial charge on any atom is 0.191 e. The lowest BCUT2D eigenvalue weighted by Crippen LogP contribution is -2.42. The lowest BCUT2D eigenvalue weighted by atomic mass is 10.1. The highest BCUT2D eigenvalue weighted by atomic mass is 127. The van der Waals surface area contributed by atoms with E-state index in [1.165, 1.54) is 32.5 Å². The molecule has 0 aliphatic carbocycles. The van der Waals surface area contributed by atoms with Crippen molar-refractivity contribution in [2.24, 2.45) is 10.9 Å². The molecule has 114 valence electrons. The number of nitrogens with one attached hydrogen (secondary N) is 2. The van der Waals surface area contributed by atoms with E-state index in [2.05, 4.69) is 27.4 Å². The van der Waals surface area contributed by atoms with Crippen LogP contribution >= 0.6 is 24.0 Å². The van der Waals surface area contributed by atoms with Gasteiger partial charge in [-0.3, -0.25) is 4.99 Å². The van der Waals surface area contributed by atoms with Crippen LogP contribution in [0.25, 0.3) is 0 Å². The summed E-state index contributed by atoms with van der Waals surface area (Å²) in [6.45, 7) is 8.45. The molecule has 1 rings (SSSR count). The number of rotatable bonds is 7. The number of halogens is 1. The third kappa shape index (κ3) is 8.65. The van der Waals surface area contributed by atoms with Crippen LogP contribution in [0.3, 0.4) is 0 Å². The van der Waals surface area contributed by atoms with Gasteiger partial charge in [-0.05, 0) is 31.8 Å². The van der Waals surface area contributed by atoms with E-state index in [0.29, 0.717) is 12.5 Å². The highest BCUT2D eigenvalue weighted by Crippen LogP contribution is 2.09. The summed E-state index contributed by atoms with van der Waals surface area (Å²) in [5.74, 6) is 1.50. The van der Waals surface area contributed by atoms with Crippen LogP contribution < -0.4 is 10.6 Å². The number of hydrogen-bond donors (Lipinski definition) is 2. The predicted octanol–water partition coefficient (Wildman–Crippen LogP) is 1.15. The zero-order valence-electron chi connectivity index (χ0n) is 12.4. The summed E-state index contributed by atoms with van der Waals surface area (Å²) in [4.78, 5) is 6.74. The summed E-state index contributed by atoms with van der Waals surface area (Å²) >= 11 is 0. The lowest BCUT2D eigenvalue weighted by molar-refractivity contribution is 0.203. The second-order valence-electron chi connectivity index (χ2n) is 4.99. The SMILES string of the molecule is CN=C(NCCOC)NCC(C)CN1CCCC1.I. The molecule has 1 heterocycles. The van der Waals surface area contributed by atoms with Crippen LogP contribution in [0.1, 0.15) is 19.8 Å². The normalized spacial score (nSPS) is 17.9. The van der Waals surface area contributed by atoms with E-state index < -0.39 is 0 Å². The van der Waals surface area contributed by atoms with Gasteiger partial charge in [0.05, 0.1) is 6.61 Å². The molecule has 0 amide bonds. The zero-order chi connectivity index (χ0) is 13.2. The predicted molar refractivity (Wildman–Crippen MR) is 91.5 cm³/mol. The fourth-order valence-corrected chi connectivity index (χ4v) is 2.23. The molecule has 1 fully saturated rings. The molecule has 0 radical (unpaired) electrons. The fourth-order valence-electron chi connectivity index (χ4n) is 2.23. The van der Waals surface area contributed by atoms with Gasteiger partial charge in [0.15, 0.2) is 5.96 Å². The monoisotopic (exact) mass is 384 g/mol. The molecule has 19 heavy (non-hydrogen) atoms. The van der Waals surface area contributed by atoms with Crippen LogP contribution in [-0.2, 0) is 4.74 Å². The summed E-state index contributed by atoms with van der Waals surface area (Å²) in [6.07, 6.45) is 2.72. The van der Waals surface area contributed by atoms with E-state index in [9.17, 15) is 0 Å². The minimum atomic E-state index is 0. The summed E-state index contributed by atoms with van der Waals surface area (Å²) < 4.78 is 5.00. The lowest BCUT2D eigenvalue weighted by Gasteiger charge is -2.21. The molecule has 0 aromatic heterocycles. The van der Waals surface area contributed by atoms with Gasteiger partial charge in [0.2, 0.25) is 0 Å². The largest absolute Gasteiger partial charge is 0.383 e. The van der Waals surface area contributed by atoms with Gasteiger partial charge in [0.25, 0.3) is 0 Å². The number of hydrogen-bond acceptors (Lipinski definition) is 3. The van der Waals surface area contributed by atoms with Gasteiger partial charge in [-0.2, -0.15) is 0 Å². The first-order valence-electron chi connectivity index (χ1n) is 6.92. The standard InChI is InChI=1S/C13H28N4O.HI/c1-12(11-17-7-4-5-8-17)10-16-13(14-2)15-6-9-18-3;/h12H,4-11H2,1-3H3,(H2,14,15,16);1H. The van der Waals surface area contributed by atoms with Crippen molar-refractivity contribution in [1.82, 2.24) is 15.5 Å². The molecule has 0 aromatic rings. The maximum absolute atomic E-state index is 5.00. The van der Waals surface area contributed by atoms with Gasteiger partial charge in [-0.15, -0.1) is 24.0 Å². The number of ether oxygens (including phenoxy) is 1. The van der Waals surface area contributed by atoms with Gasteiger partial charge in [-0.1, -0.05) is 6.92 Å². The first-order valence-corrected chi connectivity index (χ1v) is 6.92. The summed E-state index contributed by atoms with van der Waals surface area (Å²) in [6, 6.07) is 0. The highest BCUT2D eigenvalue weighted by molar-refractivity contribution is 14.0. The minimum absolute atomic E-state index is 0. The van der Waals surface area contributed by atoms with Crippen molar-refractivity contribution in [2.75, 3.05) is 53.5 Å². The molecule has 0 saturated carbocycles. The Morgan fingerprint density at radius 1 is 1.32 bits per heavy atom. The zero-order valence-corrected chi connectivity index (χ0v) is 14.8. The van der Waals surface area contributed by atoms with Gasteiger partial charge in [0, 0.05) is 33.8 Å². The van der Waals surface area contributed by atoms with Crippen LogP contribution in [0.4, 0.5) is 0 Å². The second kappa shape index (κ2) is 11.7.